The summed E-state index contributed by atoms with van der Waals surface area (Å²) in [6.45, 7) is 8.92. The van der Waals surface area contributed by atoms with E-state index in [2.05, 4.69) is 48.2 Å². The van der Waals surface area contributed by atoms with E-state index in [1.54, 1.807) is 0 Å². The molecule has 4 nitrogen and oxygen atoms in total. The lowest BCUT2D eigenvalue weighted by atomic mass is 9.79. The fourth-order valence-electron chi connectivity index (χ4n) is 2.86. The van der Waals surface area contributed by atoms with E-state index < -0.39 is 0 Å². The Balaban J connectivity index is 2.03. The molecule has 0 spiro atoms. The summed E-state index contributed by atoms with van der Waals surface area (Å²) in [7, 11) is 0. The molecular formula is C15H26N4. The number of anilines is 1. The van der Waals surface area contributed by atoms with Gasteiger partial charge in [0.2, 0.25) is 5.95 Å². The van der Waals surface area contributed by atoms with Crippen molar-refractivity contribution in [2.45, 2.75) is 65.8 Å². The molecule has 19 heavy (non-hydrogen) atoms. The Bertz CT molecular complexity index is 419. The Labute approximate surface area is 116 Å². The number of hydrogen-bond donors (Lipinski definition) is 1. The van der Waals surface area contributed by atoms with Gasteiger partial charge in [-0.15, -0.1) is 5.10 Å². The number of nitrogens with one attached hydrogen (secondary N) is 1. The Morgan fingerprint density at radius 1 is 1.00 bits per heavy atom. The Kier molecular flexibility index (Phi) is 4.72. The first-order valence-electron chi connectivity index (χ1n) is 7.63. The summed E-state index contributed by atoms with van der Waals surface area (Å²) < 4.78 is 0. The molecule has 2 rings (SSSR count). The quantitative estimate of drug-likeness (QED) is 0.905. The van der Waals surface area contributed by atoms with Crippen molar-refractivity contribution < 1.29 is 0 Å². The Hall–Kier alpha value is -1.19. The smallest absolute Gasteiger partial charge is 0.243 e. The van der Waals surface area contributed by atoms with Crippen LogP contribution in [0.4, 0.5) is 5.95 Å². The summed E-state index contributed by atoms with van der Waals surface area (Å²) in [5.41, 5.74) is 2.11. The Morgan fingerprint density at radius 2 is 1.74 bits per heavy atom. The summed E-state index contributed by atoms with van der Waals surface area (Å²) in [4.78, 5) is 4.62. The van der Waals surface area contributed by atoms with E-state index in [0.29, 0.717) is 12.0 Å². The highest BCUT2D eigenvalue weighted by Crippen LogP contribution is 2.30. The molecule has 1 aliphatic rings. The van der Waals surface area contributed by atoms with Crippen LogP contribution in [0, 0.1) is 11.8 Å². The molecule has 1 fully saturated rings. The first kappa shape index (κ1) is 14.2. The molecule has 1 aromatic heterocycles. The third-order valence-electron chi connectivity index (χ3n) is 4.44. The number of aryl methyl sites for hydroxylation is 2. The van der Waals surface area contributed by atoms with Gasteiger partial charge in [0.15, 0.2) is 0 Å². The minimum Gasteiger partial charge on any atom is -0.350 e. The number of hydrogen-bond acceptors (Lipinski definition) is 4. The van der Waals surface area contributed by atoms with Gasteiger partial charge in [-0.05, 0) is 43.9 Å². The molecule has 1 aliphatic carbocycles. The fraction of sp³-hybridized carbons (Fsp3) is 0.800. The Morgan fingerprint density at radius 3 is 2.37 bits per heavy atom. The molecule has 0 amide bonds. The lowest BCUT2D eigenvalue weighted by molar-refractivity contribution is 0.260. The van der Waals surface area contributed by atoms with Gasteiger partial charge in [0.25, 0.3) is 0 Å². The van der Waals surface area contributed by atoms with Gasteiger partial charge in [-0.1, -0.05) is 27.7 Å². The van der Waals surface area contributed by atoms with E-state index in [-0.39, 0.29) is 0 Å². The van der Waals surface area contributed by atoms with E-state index in [1.807, 2.05) is 0 Å². The zero-order valence-electron chi connectivity index (χ0n) is 12.6. The van der Waals surface area contributed by atoms with Crippen molar-refractivity contribution in [3.05, 3.63) is 11.4 Å². The van der Waals surface area contributed by atoms with Gasteiger partial charge in [0, 0.05) is 6.04 Å². The summed E-state index contributed by atoms with van der Waals surface area (Å²) in [6, 6.07) is 0.505. The SMILES string of the molecule is CCc1nnc(NC2CCC(C)C(C)C2)nc1CC. The third-order valence-corrected chi connectivity index (χ3v) is 4.44. The van der Waals surface area contributed by atoms with Crippen LogP contribution in [0.15, 0.2) is 0 Å². The van der Waals surface area contributed by atoms with E-state index in [9.17, 15) is 0 Å². The standard InChI is InChI=1S/C15H26N4/c1-5-13-14(6-2)18-19-15(17-13)16-12-8-7-10(3)11(4)9-12/h10-12H,5-9H2,1-4H3,(H,16,17,19). The van der Waals surface area contributed by atoms with Crippen LogP contribution in [-0.4, -0.2) is 21.2 Å². The molecule has 106 valence electrons. The molecule has 1 saturated carbocycles. The van der Waals surface area contributed by atoms with E-state index in [4.69, 9.17) is 0 Å². The van der Waals surface area contributed by atoms with Crippen LogP contribution in [0.3, 0.4) is 0 Å². The monoisotopic (exact) mass is 262 g/mol. The maximum atomic E-state index is 4.62. The van der Waals surface area contributed by atoms with Gasteiger partial charge in [-0.25, -0.2) is 4.98 Å². The molecule has 1 heterocycles. The van der Waals surface area contributed by atoms with Crippen molar-refractivity contribution in [3.8, 4) is 0 Å². The highest BCUT2D eigenvalue weighted by molar-refractivity contribution is 5.27. The van der Waals surface area contributed by atoms with Crippen molar-refractivity contribution in [3.63, 3.8) is 0 Å². The summed E-state index contributed by atoms with van der Waals surface area (Å²) in [6.07, 6.45) is 5.54. The second kappa shape index (κ2) is 6.31. The molecule has 0 aliphatic heterocycles. The van der Waals surface area contributed by atoms with Gasteiger partial charge in [-0.2, -0.15) is 5.10 Å². The highest BCUT2D eigenvalue weighted by Gasteiger charge is 2.25. The molecule has 0 saturated heterocycles. The normalized spacial score (nSPS) is 27.3. The van der Waals surface area contributed by atoms with Crippen molar-refractivity contribution in [1.82, 2.24) is 15.2 Å². The lowest BCUT2D eigenvalue weighted by Crippen LogP contribution is -2.31. The predicted octanol–water partition coefficient (Wildman–Crippen LogP) is 3.23. The highest BCUT2D eigenvalue weighted by atomic mass is 15.2. The summed E-state index contributed by atoms with van der Waals surface area (Å²) in [5, 5.41) is 12.0. The van der Waals surface area contributed by atoms with E-state index in [1.165, 1.54) is 19.3 Å². The van der Waals surface area contributed by atoms with Gasteiger partial charge in [0.1, 0.15) is 0 Å². The van der Waals surface area contributed by atoms with Crippen LogP contribution in [0.2, 0.25) is 0 Å². The number of nitrogens with zero attached hydrogens (tertiary/aromatic N) is 3. The number of rotatable bonds is 4. The summed E-state index contributed by atoms with van der Waals surface area (Å²) in [5.74, 6) is 2.33. The minimum atomic E-state index is 0.505. The third kappa shape index (κ3) is 3.43. The summed E-state index contributed by atoms with van der Waals surface area (Å²) >= 11 is 0. The lowest BCUT2D eigenvalue weighted by Gasteiger charge is -2.32. The second-order valence-electron chi connectivity index (χ2n) is 5.84. The van der Waals surface area contributed by atoms with Gasteiger partial charge in [-0.3, -0.25) is 0 Å². The van der Waals surface area contributed by atoms with E-state index >= 15 is 0 Å². The zero-order chi connectivity index (χ0) is 13.8. The van der Waals surface area contributed by atoms with Crippen LogP contribution in [0.25, 0.3) is 0 Å². The average molecular weight is 262 g/mol. The van der Waals surface area contributed by atoms with Crippen molar-refractivity contribution in [2.24, 2.45) is 11.8 Å². The average Bonchev–Trinajstić information content (AvgIpc) is 2.43. The van der Waals surface area contributed by atoms with Crippen molar-refractivity contribution in [2.75, 3.05) is 5.32 Å². The van der Waals surface area contributed by atoms with Crippen LogP contribution >= 0.6 is 0 Å². The van der Waals surface area contributed by atoms with Crippen LogP contribution in [0.5, 0.6) is 0 Å². The zero-order valence-corrected chi connectivity index (χ0v) is 12.6. The maximum Gasteiger partial charge on any atom is 0.243 e. The first-order valence-corrected chi connectivity index (χ1v) is 7.63. The molecule has 0 radical (unpaired) electrons. The first-order chi connectivity index (χ1) is 9.13. The molecule has 1 aromatic rings. The molecule has 0 aromatic carbocycles. The van der Waals surface area contributed by atoms with Crippen LogP contribution in [0.1, 0.15) is 58.3 Å². The maximum absolute atomic E-state index is 4.62. The molecule has 1 N–H and O–H groups in total. The predicted molar refractivity (Wildman–Crippen MR) is 78.2 cm³/mol. The van der Waals surface area contributed by atoms with Crippen LogP contribution in [-0.2, 0) is 12.8 Å². The molecule has 3 atom stereocenters. The minimum absolute atomic E-state index is 0.505. The molecule has 3 unspecified atom stereocenters. The van der Waals surface area contributed by atoms with Gasteiger partial charge >= 0.3 is 0 Å². The van der Waals surface area contributed by atoms with Gasteiger partial charge < -0.3 is 5.32 Å². The van der Waals surface area contributed by atoms with Gasteiger partial charge in [0.05, 0.1) is 11.4 Å². The van der Waals surface area contributed by atoms with Crippen LogP contribution < -0.4 is 5.32 Å². The topological polar surface area (TPSA) is 50.7 Å². The molecule has 0 bridgehead atoms. The van der Waals surface area contributed by atoms with E-state index in [0.717, 1.165) is 36.1 Å². The fourth-order valence-corrected chi connectivity index (χ4v) is 2.86. The van der Waals surface area contributed by atoms with Crippen molar-refractivity contribution in [1.29, 1.82) is 0 Å². The van der Waals surface area contributed by atoms with Crippen molar-refractivity contribution >= 4 is 5.95 Å². The largest absolute Gasteiger partial charge is 0.350 e. The second-order valence-corrected chi connectivity index (χ2v) is 5.84. The molecule has 4 heteroatoms. The number of aromatic nitrogens is 3. The molecular weight excluding hydrogens is 236 g/mol.